The molecule has 104 valence electrons. The minimum atomic E-state index is -0.0187. The molecule has 19 heavy (non-hydrogen) atoms. The van der Waals surface area contributed by atoms with Gasteiger partial charge in [0, 0.05) is 18.2 Å². The van der Waals surface area contributed by atoms with Crippen LogP contribution in [0.5, 0.6) is 0 Å². The molecule has 0 radical (unpaired) electrons. The minimum Gasteiger partial charge on any atom is -0.308 e. The summed E-state index contributed by atoms with van der Waals surface area (Å²) in [5, 5.41) is 0. The van der Waals surface area contributed by atoms with Crippen LogP contribution in [0.4, 0.5) is 0 Å². The highest BCUT2D eigenvalue weighted by Gasteiger charge is 2.32. The Kier molecular flexibility index (Phi) is 4.72. The van der Waals surface area contributed by atoms with Crippen molar-refractivity contribution in [2.24, 2.45) is 0 Å². The number of nitrogens with zero attached hydrogens (tertiary/aromatic N) is 2. The maximum Gasteiger partial charge on any atom is 0.179 e. The molecule has 1 heterocycles. The van der Waals surface area contributed by atoms with Gasteiger partial charge in [0.25, 0.3) is 0 Å². The number of rotatable bonds is 5. The van der Waals surface area contributed by atoms with E-state index in [1.54, 1.807) is 0 Å². The highest BCUT2D eigenvalue weighted by Crippen LogP contribution is 2.22. The smallest absolute Gasteiger partial charge is 0.179 e. The van der Waals surface area contributed by atoms with Crippen LogP contribution in [0.2, 0.25) is 0 Å². The third-order valence-electron chi connectivity index (χ3n) is 3.93. The van der Waals surface area contributed by atoms with Gasteiger partial charge in [0.05, 0.1) is 6.04 Å². The average molecular weight is 260 g/mol. The summed E-state index contributed by atoms with van der Waals surface area (Å²) in [5.41, 5.74) is 0.825. The maximum atomic E-state index is 12.5. The van der Waals surface area contributed by atoms with Crippen LogP contribution >= 0.6 is 0 Å². The molecule has 3 heteroatoms. The second-order valence-corrected chi connectivity index (χ2v) is 5.70. The average Bonchev–Trinajstić information content (AvgIpc) is 2.85. The molecule has 2 atom stereocenters. The van der Waals surface area contributed by atoms with Crippen LogP contribution in [0.15, 0.2) is 30.3 Å². The van der Waals surface area contributed by atoms with Crippen molar-refractivity contribution in [1.82, 2.24) is 9.80 Å². The molecule has 1 aliphatic rings. The van der Waals surface area contributed by atoms with Crippen molar-refractivity contribution >= 4 is 5.78 Å². The van der Waals surface area contributed by atoms with Gasteiger partial charge in [0.1, 0.15) is 0 Å². The summed E-state index contributed by atoms with van der Waals surface area (Å²) < 4.78 is 0. The van der Waals surface area contributed by atoms with Gasteiger partial charge < -0.3 is 4.90 Å². The maximum absolute atomic E-state index is 12.5. The van der Waals surface area contributed by atoms with E-state index in [-0.39, 0.29) is 11.8 Å². The van der Waals surface area contributed by atoms with Crippen molar-refractivity contribution < 1.29 is 4.79 Å². The highest BCUT2D eigenvalue weighted by molar-refractivity contribution is 5.99. The van der Waals surface area contributed by atoms with Crippen LogP contribution in [0.3, 0.4) is 0 Å². The third kappa shape index (κ3) is 3.43. The zero-order valence-electron chi connectivity index (χ0n) is 12.2. The number of ketones is 1. The number of hydrogen-bond donors (Lipinski definition) is 0. The van der Waals surface area contributed by atoms with Crippen LogP contribution < -0.4 is 0 Å². The van der Waals surface area contributed by atoms with E-state index in [9.17, 15) is 4.79 Å². The topological polar surface area (TPSA) is 23.6 Å². The number of likely N-dealkylation sites (N-methyl/N-ethyl adjacent to an activating group) is 1. The number of likely N-dealkylation sites (tertiary alicyclic amines) is 1. The molecule has 0 bridgehead atoms. The second-order valence-electron chi connectivity index (χ2n) is 5.70. The van der Waals surface area contributed by atoms with Crippen molar-refractivity contribution in [2.75, 3.05) is 27.2 Å². The van der Waals surface area contributed by atoms with Crippen molar-refractivity contribution in [1.29, 1.82) is 0 Å². The van der Waals surface area contributed by atoms with Gasteiger partial charge in [0.15, 0.2) is 5.78 Å². The minimum absolute atomic E-state index is 0.0187. The van der Waals surface area contributed by atoms with E-state index in [0.29, 0.717) is 6.04 Å². The van der Waals surface area contributed by atoms with Crippen molar-refractivity contribution in [2.45, 2.75) is 31.8 Å². The highest BCUT2D eigenvalue weighted by atomic mass is 16.1. The Bertz CT molecular complexity index is 416. The van der Waals surface area contributed by atoms with Crippen LogP contribution in [0.1, 0.15) is 30.1 Å². The molecule has 2 rings (SSSR count). The Balaban J connectivity index is 2.06. The van der Waals surface area contributed by atoms with Gasteiger partial charge in [-0.15, -0.1) is 0 Å². The van der Waals surface area contributed by atoms with Gasteiger partial charge >= 0.3 is 0 Å². The molecule has 0 amide bonds. The molecule has 1 saturated heterocycles. The summed E-state index contributed by atoms with van der Waals surface area (Å²) >= 11 is 0. The Morgan fingerprint density at radius 1 is 1.37 bits per heavy atom. The van der Waals surface area contributed by atoms with E-state index < -0.39 is 0 Å². The summed E-state index contributed by atoms with van der Waals surface area (Å²) in [6.07, 6.45) is 2.40. The van der Waals surface area contributed by atoms with E-state index in [2.05, 4.69) is 23.9 Å². The van der Waals surface area contributed by atoms with Crippen molar-refractivity contribution in [3.05, 3.63) is 35.9 Å². The lowest BCUT2D eigenvalue weighted by Crippen LogP contribution is -2.46. The van der Waals surface area contributed by atoms with Gasteiger partial charge in [-0.3, -0.25) is 9.69 Å². The third-order valence-corrected chi connectivity index (χ3v) is 3.93. The Hall–Kier alpha value is -1.19. The molecule has 1 aromatic rings. The second kappa shape index (κ2) is 6.31. The zero-order valence-corrected chi connectivity index (χ0v) is 12.2. The first-order chi connectivity index (χ1) is 9.09. The van der Waals surface area contributed by atoms with Crippen molar-refractivity contribution in [3.8, 4) is 0 Å². The van der Waals surface area contributed by atoms with E-state index in [4.69, 9.17) is 0 Å². The van der Waals surface area contributed by atoms with E-state index in [0.717, 1.165) is 18.7 Å². The molecular formula is C16H24N2O. The van der Waals surface area contributed by atoms with Crippen LogP contribution in [0.25, 0.3) is 0 Å². The number of Topliss-reactive ketones (excluding diaryl/α,β-unsaturated/α-hetero) is 1. The fourth-order valence-corrected chi connectivity index (χ4v) is 2.98. The lowest BCUT2D eigenvalue weighted by molar-refractivity contribution is 0.0799. The van der Waals surface area contributed by atoms with Gasteiger partial charge in [-0.25, -0.2) is 0 Å². The molecule has 3 nitrogen and oxygen atoms in total. The summed E-state index contributed by atoms with van der Waals surface area (Å²) in [6, 6.07) is 10.1. The number of carbonyl (C=O) groups is 1. The number of benzene rings is 1. The molecule has 1 aromatic carbocycles. The molecule has 0 spiro atoms. The fraction of sp³-hybridized carbons (Fsp3) is 0.562. The lowest BCUT2D eigenvalue weighted by Gasteiger charge is -2.31. The molecule has 0 aliphatic carbocycles. The van der Waals surface area contributed by atoms with Crippen LogP contribution in [-0.4, -0.2) is 54.9 Å². The first kappa shape index (κ1) is 14.2. The van der Waals surface area contributed by atoms with E-state index in [1.807, 2.05) is 37.3 Å². The summed E-state index contributed by atoms with van der Waals surface area (Å²) in [5.74, 6) is 0.242. The predicted molar refractivity (Wildman–Crippen MR) is 78.5 cm³/mol. The van der Waals surface area contributed by atoms with E-state index in [1.165, 1.54) is 12.8 Å². The first-order valence-electron chi connectivity index (χ1n) is 7.09. The number of hydrogen-bond acceptors (Lipinski definition) is 3. The fourth-order valence-electron chi connectivity index (χ4n) is 2.98. The van der Waals surface area contributed by atoms with Gasteiger partial charge in [-0.1, -0.05) is 30.3 Å². The van der Waals surface area contributed by atoms with Gasteiger partial charge in [-0.05, 0) is 40.4 Å². The summed E-state index contributed by atoms with van der Waals surface area (Å²) in [4.78, 5) is 17.1. The zero-order chi connectivity index (χ0) is 13.8. The largest absolute Gasteiger partial charge is 0.308 e. The molecule has 0 N–H and O–H groups in total. The van der Waals surface area contributed by atoms with Crippen molar-refractivity contribution in [3.63, 3.8) is 0 Å². The summed E-state index contributed by atoms with van der Waals surface area (Å²) in [6.45, 7) is 4.12. The molecule has 1 aliphatic heterocycles. The monoisotopic (exact) mass is 260 g/mol. The molecule has 0 aromatic heterocycles. The standard InChI is InChI=1S/C16H24N2O/c1-13(16(19)14-8-5-4-6-9-14)18-11-7-10-15(18)12-17(2)3/h4-6,8-9,13,15H,7,10-12H2,1-3H3. The normalized spacial score (nSPS) is 21.8. The number of carbonyl (C=O) groups excluding carboxylic acids is 1. The van der Waals surface area contributed by atoms with Gasteiger partial charge in [0.2, 0.25) is 0 Å². The SMILES string of the molecule is CC(C(=O)c1ccccc1)N1CCCC1CN(C)C. The Labute approximate surface area is 116 Å². The molecular weight excluding hydrogens is 236 g/mol. The Morgan fingerprint density at radius 2 is 2.05 bits per heavy atom. The lowest BCUT2D eigenvalue weighted by atomic mass is 10.0. The molecule has 0 saturated carbocycles. The first-order valence-corrected chi connectivity index (χ1v) is 7.09. The Morgan fingerprint density at radius 3 is 2.68 bits per heavy atom. The predicted octanol–water partition coefficient (Wildman–Crippen LogP) is 2.28. The van der Waals surface area contributed by atoms with E-state index >= 15 is 0 Å². The van der Waals surface area contributed by atoms with Crippen LogP contribution in [-0.2, 0) is 0 Å². The summed E-state index contributed by atoms with van der Waals surface area (Å²) in [7, 11) is 4.19. The quantitative estimate of drug-likeness (QED) is 0.759. The van der Waals surface area contributed by atoms with Gasteiger partial charge in [-0.2, -0.15) is 0 Å². The molecule has 2 unspecified atom stereocenters. The molecule has 1 fully saturated rings. The van der Waals surface area contributed by atoms with Crippen LogP contribution in [0, 0.1) is 0 Å².